The molecule has 0 atom stereocenters. The molecule has 33 heavy (non-hydrogen) atoms. The van der Waals surface area contributed by atoms with Crippen LogP contribution in [0.15, 0.2) is 77.3 Å². The lowest BCUT2D eigenvalue weighted by molar-refractivity contribution is -0.608. The van der Waals surface area contributed by atoms with Crippen LogP contribution in [-0.2, 0) is 12.6 Å². The van der Waals surface area contributed by atoms with Gasteiger partial charge in [0.15, 0.2) is 17.8 Å². The summed E-state index contributed by atoms with van der Waals surface area (Å²) in [5, 5.41) is 12.3. The number of benzene rings is 2. The molecule has 0 spiro atoms. The Morgan fingerprint density at radius 1 is 0.970 bits per heavy atom. The summed E-state index contributed by atoms with van der Waals surface area (Å²) in [4.78, 5) is 19.1. The zero-order chi connectivity index (χ0) is 23.2. The van der Waals surface area contributed by atoms with Gasteiger partial charge in [-0.1, -0.05) is 30.3 Å². The van der Waals surface area contributed by atoms with Crippen LogP contribution in [0.3, 0.4) is 0 Å². The predicted octanol–water partition coefficient (Wildman–Crippen LogP) is 4.86. The van der Waals surface area contributed by atoms with E-state index in [-0.39, 0.29) is 29.7 Å². The zero-order valence-corrected chi connectivity index (χ0v) is 17.0. The molecule has 0 bridgehead atoms. The topological polar surface area (TPSA) is 73.3 Å². The molecular formula is C24H16F3N3O3. The fourth-order valence-electron chi connectivity index (χ4n) is 3.83. The summed E-state index contributed by atoms with van der Waals surface area (Å²) in [7, 11) is 0. The molecule has 0 radical (unpaired) electrons. The minimum absolute atomic E-state index is 0.00798. The first-order chi connectivity index (χ1) is 15.8. The van der Waals surface area contributed by atoms with Gasteiger partial charge in [-0.3, -0.25) is 9.69 Å². The maximum atomic E-state index is 13.2. The first-order valence-corrected chi connectivity index (χ1v) is 10.1. The number of carbonyl (C=O) groups is 1. The number of oxazole rings is 1. The number of aromatic nitrogens is 2. The standard InChI is InChI=1S/C24H16F3N3O3/c25-24(26,27)18-10-8-16(9-11-18)20-21(28-22(33-20)17-5-2-1-3-6-17)29-14-12-15-7-4-13-30(32)19(15)23(29)31/h1-11,13H,12,14H2. The lowest BCUT2D eigenvalue weighted by Crippen LogP contribution is -2.47. The van der Waals surface area contributed by atoms with Gasteiger partial charge in [0.25, 0.3) is 5.69 Å². The fourth-order valence-corrected chi connectivity index (χ4v) is 3.83. The lowest BCUT2D eigenvalue weighted by Gasteiger charge is -2.25. The highest BCUT2D eigenvalue weighted by atomic mass is 19.4. The van der Waals surface area contributed by atoms with Crippen molar-refractivity contribution in [2.75, 3.05) is 11.4 Å². The van der Waals surface area contributed by atoms with E-state index in [0.29, 0.717) is 27.8 Å². The molecule has 0 saturated heterocycles. The quantitative estimate of drug-likeness (QED) is 0.329. The molecule has 0 aliphatic carbocycles. The Kier molecular flexibility index (Phi) is 4.88. The molecule has 6 nitrogen and oxygen atoms in total. The van der Waals surface area contributed by atoms with Gasteiger partial charge in [-0.25, -0.2) is 0 Å². The average Bonchev–Trinajstić information content (AvgIpc) is 3.25. The predicted molar refractivity (Wildman–Crippen MR) is 113 cm³/mol. The van der Waals surface area contributed by atoms with Crippen molar-refractivity contribution >= 4 is 11.7 Å². The number of pyridine rings is 1. The SMILES string of the molecule is O=C1c2c(ccc[n+]2[O-])CCN1c1nc(-c2ccccc2)oc1-c1ccc(C(F)(F)F)cc1. The van der Waals surface area contributed by atoms with Crippen molar-refractivity contribution in [2.45, 2.75) is 12.6 Å². The summed E-state index contributed by atoms with van der Waals surface area (Å²) < 4.78 is 45.6. The Bertz CT molecular complexity index is 1330. The summed E-state index contributed by atoms with van der Waals surface area (Å²) in [6.45, 7) is 0.240. The lowest BCUT2D eigenvalue weighted by atomic mass is 10.0. The Balaban J connectivity index is 1.63. The van der Waals surface area contributed by atoms with Crippen LogP contribution in [-0.4, -0.2) is 17.4 Å². The largest absolute Gasteiger partial charge is 0.618 e. The van der Waals surface area contributed by atoms with Crippen LogP contribution in [0.25, 0.3) is 22.8 Å². The number of fused-ring (bicyclic) bond motifs is 1. The molecule has 9 heteroatoms. The molecule has 1 amide bonds. The van der Waals surface area contributed by atoms with Crippen molar-refractivity contribution in [1.82, 2.24) is 4.98 Å². The van der Waals surface area contributed by atoms with E-state index in [1.807, 2.05) is 6.07 Å². The van der Waals surface area contributed by atoms with E-state index in [1.54, 1.807) is 36.4 Å². The van der Waals surface area contributed by atoms with E-state index in [4.69, 9.17) is 4.42 Å². The number of alkyl halides is 3. The summed E-state index contributed by atoms with van der Waals surface area (Å²) in [5.41, 5.74) is 0.781. The molecule has 4 aromatic rings. The third kappa shape index (κ3) is 3.71. The molecule has 0 unspecified atom stereocenters. The molecule has 2 aromatic heterocycles. The van der Waals surface area contributed by atoms with Gasteiger partial charge >= 0.3 is 12.1 Å². The fraction of sp³-hybridized carbons (Fsp3) is 0.125. The van der Waals surface area contributed by atoms with E-state index in [2.05, 4.69) is 4.98 Å². The molecular weight excluding hydrogens is 435 g/mol. The summed E-state index contributed by atoms with van der Waals surface area (Å²) in [5.74, 6) is -0.0454. The van der Waals surface area contributed by atoms with Crippen LogP contribution in [0.1, 0.15) is 21.6 Å². The maximum absolute atomic E-state index is 13.2. The number of nitrogens with zero attached hydrogens (tertiary/aromatic N) is 3. The molecule has 3 heterocycles. The zero-order valence-electron chi connectivity index (χ0n) is 17.0. The van der Waals surface area contributed by atoms with Crippen LogP contribution in [0.2, 0.25) is 0 Å². The molecule has 0 fully saturated rings. The van der Waals surface area contributed by atoms with E-state index in [1.165, 1.54) is 23.2 Å². The number of halogens is 3. The molecule has 2 aromatic carbocycles. The van der Waals surface area contributed by atoms with Crippen molar-refractivity contribution in [3.8, 4) is 22.8 Å². The number of anilines is 1. The van der Waals surface area contributed by atoms with Crippen molar-refractivity contribution in [2.24, 2.45) is 0 Å². The first kappa shape index (κ1) is 20.7. The van der Waals surface area contributed by atoms with Crippen LogP contribution in [0, 0.1) is 5.21 Å². The van der Waals surface area contributed by atoms with Crippen molar-refractivity contribution < 1.29 is 27.1 Å². The van der Waals surface area contributed by atoms with Gasteiger partial charge in [-0.05, 0) is 36.8 Å². The second-order valence-corrected chi connectivity index (χ2v) is 7.53. The maximum Gasteiger partial charge on any atom is 0.416 e. The molecule has 5 rings (SSSR count). The van der Waals surface area contributed by atoms with Gasteiger partial charge in [0.05, 0.1) is 5.56 Å². The van der Waals surface area contributed by atoms with Gasteiger partial charge in [0.2, 0.25) is 5.89 Å². The van der Waals surface area contributed by atoms with Gasteiger partial charge in [0.1, 0.15) is 0 Å². The van der Waals surface area contributed by atoms with E-state index in [0.717, 1.165) is 12.1 Å². The van der Waals surface area contributed by atoms with Crippen molar-refractivity contribution in [1.29, 1.82) is 0 Å². The molecule has 0 N–H and O–H groups in total. The molecule has 166 valence electrons. The van der Waals surface area contributed by atoms with Crippen LogP contribution < -0.4 is 9.63 Å². The number of amides is 1. The summed E-state index contributed by atoms with van der Waals surface area (Å²) in [6, 6.07) is 16.7. The Morgan fingerprint density at radius 2 is 1.70 bits per heavy atom. The monoisotopic (exact) mass is 451 g/mol. The van der Waals surface area contributed by atoms with Gasteiger partial charge in [-0.2, -0.15) is 22.9 Å². The van der Waals surface area contributed by atoms with Gasteiger partial charge < -0.3 is 9.62 Å². The summed E-state index contributed by atoms with van der Waals surface area (Å²) in [6.07, 6.45) is -2.81. The third-order valence-electron chi connectivity index (χ3n) is 5.46. The van der Waals surface area contributed by atoms with E-state index >= 15 is 0 Å². The molecule has 1 aliphatic heterocycles. The molecule has 0 saturated carbocycles. The van der Waals surface area contributed by atoms with E-state index in [9.17, 15) is 23.2 Å². The Labute approximate surface area is 186 Å². The van der Waals surface area contributed by atoms with E-state index < -0.39 is 17.6 Å². The minimum Gasteiger partial charge on any atom is -0.618 e. The minimum atomic E-state index is -4.48. The Hall–Kier alpha value is -4.14. The second kappa shape index (κ2) is 7.77. The first-order valence-electron chi connectivity index (χ1n) is 10.1. The van der Waals surface area contributed by atoms with Crippen LogP contribution in [0.4, 0.5) is 19.0 Å². The number of hydrogen-bond acceptors (Lipinski definition) is 4. The second-order valence-electron chi connectivity index (χ2n) is 7.53. The van der Waals surface area contributed by atoms with Crippen molar-refractivity contribution in [3.05, 3.63) is 95.0 Å². The molecule has 1 aliphatic rings. The van der Waals surface area contributed by atoms with Crippen LogP contribution >= 0.6 is 0 Å². The number of carbonyl (C=O) groups excluding carboxylic acids is 1. The normalized spacial score (nSPS) is 13.8. The highest BCUT2D eigenvalue weighted by molar-refractivity contribution is 6.07. The Morgan fingerprint density at radius 3 is 2.39 bits per heavy atom. The van der Waals surface area contributed by atoms with Gasteiger partial charge in [0, 0.05) is 29.3 Å². The highest BCUT2D eigenvalue weighted by Crippen LogP contribution is 2.38. The van der Waals surface area contributed by atoms with Crippen molar-refractivity contribution in [3.63, 3.8) is 0 Å². The highest BCUT2D eigenvalue weighted by Gasteiger charge is 2.36. The number of rotatable bonds is 3. The number of hydrogen-bond donors (Lipinski definition) is 0. The summed E-state index contributed by atoms with van der Waals surface area (Å²) >= 11 is 0. The third-order valence-corrected chi connectivity index (χ3v) is 5.46. The smallest absolute Gasteiger partial charge is 0.416 e. The van der Waals surface area contributed by atoms with Gasteiger partial charge in [-0.15, -0.1) is 0 Å². The van der Waals surface area contributed by atoms with Crippen LogP contribution in [0.5, 0.6) is 0 Å². The average molecular weight is 451 g/mol.